The molecule has 3 atom stereocenters. The molecular weight excluding hydrogens is 530 g/mol. The van der Waals surface area contributed by atoms with Gasteiger partial charge in [-0.2, -0.15) is 0 Å². The van der Waals surface area contributed by atoms with E-state index >= 15 is 0 Å². The van der Waals surface area contributed by atoms with Gasteiger partial charge in [0.05, 0.1) is 39.1 Å². The molecule has 0 aliphatic carbocycles. The number of fused-ring (bicyclic) bond motifs is 1. The van der Waals surface area contributed by atoms with Crippen LogP contribution in [0, 0.1) is 0 Å². The smallest absolute Gasteiger partial charge is 0.120 e. The lowest BCUT2D eigenvalue weighted by Crippen LogP contribution is -2.40. The Morgan fingerprint density at radius 1 is 0.786 bits per heavy atom. The standard InChI is InChI=1S/C35H41NO6/c37-22-31(38)25-41-33-14-9-28-8-7-27(19-30(28)20-33)24-42-35-21-36-16-15-34(35)29-10-12-32(13-11-29)40-18-4-17-39-23-26-5-2-1-3-6-26/h1-3,5-14,19-20,31,34-38H,4,15-18,21-25H2/t31?,34-,35+/m1/s1. The number of ether oxygens (including phenoxy) is 4. The van der Waals surface area contributed by atoms with Gasteiger partial charge in [0.15, 0.2) is 0 Å². The molecule has 1 aliphatic rings. The molecule has 42 heavy (non-hydrogen) atoms. The summed E-state index contributed by atoms with van der Waals surface area (Å²) in [6.07, 6.45) is 1.03. The van der Waals surface area contributed by atoms with Crippen molar-refractivity contribution in [3.63, 3.8) is 0 Å². The molecule has 0 saturated carbocycles. The van der Waals surface area contributed by atoms with Gasteiger partial charge in [0, 0.05) is 18.9 Å². The van der Waals surface area contributed by atoms with Crippen LogP contribution in [0.4, 0.5) is 0 Å². The molecule has 1 heterocycles. The maximum absolute atomic E-state index is 9.57. The van der Waals surface area contributed by atoms with Crippen LogP contribution < -0.4 is 14.8 Å². The second-order valence-electron chi connectivity index (χ2n) is 10.7. The summed E-state index contributed by atoms with van der Waals surface area (Å²) in [7, 11) is 0. The number of piperidine rings is 1. The van der Waals surface area contributed by atoms with Gasteiger partial charge in [-0.25, -0.2) is 0 Å². The molecular formula is C35H41NO6. The summed E-state index contributed by atoms with van der Waals surface area (Å²) in [6.45, 7) is 3.94. The highest BCUT2D eigenvalue weighted by Gasteiger charge is 2.27. The van der Waals surface area contributed by atoms with E-state index in [4.69, 9.17) is 24.1 Å². The number of benzene rings is 4. The first-order valence-electron chi connectivity index (χ1n) is 14.8. The first-order chi connectivity index (χ1) is 20.7. The van der Waals surface area contributed by atoms with Gasteiger partial charge in [0.2, 0.25) is 0 Å². The molecule has 4 aromatic rings. The van der Waals surface area contributed by atoms with Crippen LogP contribution in [0.25, 0.3) is 10.8 Å². The Bertz CT molecular complexity index is 1360. The van der Waals surface area contributed by atoms with E-state index in [1.54, 1.807) is 0 Å². The summed E-state index contributed by atoms with van der Waals surface area (Å²) in [6, 6.07) is 30.8. The van der Waals surface area contributed by atoms with Gasteiger partial charge >= 0.3 is 0 Å². The van der Waals surface area contributed by atoms with Gasteiger partial charge in [0.25, 0.3) is 0 Å². The van der Waals surface area contributed by atoms with Crippen molar-refractivity contribution >= 4 is 10.8 Å². The molecule has 0 bridgehead atoms. The topological polar surface area (TPSA) is 89.4 Å². The first kappa shape index (κ1) is 30.0. The molecule has 1 fully saturated rings. The summed E-state index contributed by atoms with van der Waals surface area (Å²) < 4.78 is 23.8. The van der Waals surface area contributed by atoms with E-state index < -0.39 is 6.10 Å². The SMILES string of the molecule is OCC(O)COc1ccc2ccc(CO[C@H]3CNCC[C@@H]3c3ccc(OCCCOCc4ccccc4)cc3)cc2c1. The fraction of sp³-hybridized carbons (Fsp3) is 0.371. The monoisotopic (exact) mass is 571 g/mol. The zero-order chi connectivity index (χ0) is 29.0. The fourth-order valence-corrected chi connectivity index (χ4v) is 5.22. The summed E-state index contributed by atoms with van der Waals surface area (Å²) in [4.78, 5) is 0. The Morgan fingerprint density at radius 3 is 2.43 bits per heavy atom. The quantitative estimate of drug-likeness (QED) is 0.169. The van der Waals surface area contributed by atoms with Crippen LogP contribution in [0.2, 0.25) is 0 Å². The van der Waals surface area contributed by atoms with E-state index in [9.17, 15) is 5.11 Å². The second kappa shape index (κ2) is 15.7. The summed E-state index contributed by atoms with van der Waals surface area (Å²) in [5, 5.41) is 24.2. The Morgan fingerprint density at radius 2 is 1.60 bits per heavy atom. The van der Waals surface area contributed by atoms with Crippen molar-refractivity contribution in [2.75, 3.05) is 39.5 Å². The van der Waals surface area contributed by atoms with E-state index in [1.807, 2.05) is 36.4 Å². The van der Waals surface area contributed by atoms with Gasteiger partial charge in [-0.05, 0) is 70.8 Å². The van der Waals surface area contributed by atoms with Crippen LogP contribution in [0.1, 0.15) is 35.4 Å². The maximum atomic E-state index is 9.57. The maximum Gasteiger partial charge on any atom is 0.120 e. The molecule has 222 valence electrons. The predicted molar refractivity (Wildman–Crippen MR) is 164 cm³/mol. The number of hydrogen-bond acceptors (Lipinski definition) is 7. The van der Waals surface area contributed by atoms with E-state index in [0.717, 1.165) is 48.0 Å². The fourth-order valence-electron chi connectivity index (χ4n) is 5.22. The molecule has 7 heteroatoms. The highest BCUT2D eigenvalue weighted by molar-refractivity contribution is 5.84. The number of hydrogen-bond donors (Lipinski definition) is 3. The molecule has 1 aliphatic heterocycles. The largest absolute Gasteiger partial charge is 0.494 e. The van der Waals surface area contributed by atoms with Crippen molar-refractivity contribution in [2.45, 2.75) is 44.2 Å². The van der Waals surface area contributed by atoms with Crippen LogP contribution in [-0.2, 0) is 22.7 Å². The molecule has 0 amide bonds. The van der Waals surface area contributed by atoms with E-state index in [-0.39, 0.29) is 19.3 Å². The Labute approximate surface area is 248 Å². The minimum atomic E-state index is -0.892. The highest BCUT2D eigenvalue weighted by atomic mass is 16.5. The molecule has 0 aromatic heterocycles. The lowest BCUT2D eigenvalue weighted by atomic mass is 9.87. The first-order valence-corrected chi connectivity index (χ1v) is 14.8. The molecule has 1 unspecified atom stereocenters. The second-order valence-corrected chi connectivity index (χ2v) is 10.7. The van der Waals surface area contributed by atoms with E-state index in [2.05, 4.69) is 59.9 Å². The van der Waals surface area contributed by atoms with Gasteiger partial charge in [-0.3, -0.25) is 0 Å². The molecule has 1 saturated heterocycles. The summed E-state index contributed by atoms with van der Waals surface area (Å²) in [5.74, 6) is 1.84. The Balaban J connectivity index is 1.10. The van der Waals surface area contributed by atoms with Crippen LogP contribution in [0.15, 0.2) is 91.0 Å². The van der Waals surface area contributed by atoms with Crippen molar-refractivity contribution in [2.24, 2.45) is 0 Å². The Kier molecular flexibility index (Phi) is 11.2. The Hall–Kier alpha value is -3.46. The molecule has 0 spiro atoms. The molecule has 3 N–H and O–H groups in total. The van der Waals surface area contributed by atoms with Gasteiger partial charge in [-0.1, -0.05) is 60.7 Å². The van der Waals surface area contributed by atoms with Gasteiger partial charge in [-0.15, -0.1) is 0 Å². The van der Waals surface area contributed by atoms with Crippen LogP contribution in [0.5, 0.6) is 11.5 Å². The lowest BCUT2D eigenvalue weighted by molar-refractivity contribution is 0.0106. The molecule has 5 rings (SSSR count). The van der Waals surface area contributed by atoms with Crippen molar-refractivity contribution in [3.8, 4) is 11.5 Å². The zero-order valence-electron chi connectivity index (χ0n) is 24.0. The molecule has 4 aromatic carbocycles. The third kappa shape index (κ3) is 8.77. The minimum Gasteiger partial charge on any atom is -0.494 e. The average Bonchev–Trinajstić information content (AvgIpc) is 3.05. The summed E-state index contributed by atoms with van der Waals surface area (Å²) in [5.41, 5.74) is 3.55. The highest BCUT2D eigenvalue weighted by Crippen LogP contribution is 2.30. The van der Waals surface area contributed by atoms with Crippen LogP contribution in [-0.4, -0.2) is 61.9 Å². The van der Waals surface area contributed by atoms with Crippen molar-refractivity contribution < 1.29 is 29.2 Å². The third-order valence-corrected chi connectivity index (χ3v) is 7.54. The van der Waals surface area contributed by atoms with Crippen LogP contribution in [0.3, 0.4) is 0 Å². The molecule has 7 nitrogen and oxygen atoms in total. The number of aliphatic hydroxyl groups is 2. The van der Waals surface area contributed by atoms with E-state index in [0.29, 0.717) is 38.1 Å². The van der Waals surface area contributed by atoms with Crippen molar-refractivity contribution in [1.29, 1.82) is 0 Å². The lowest BCUT2D eigenvalue weighted by Gasteiger charge is -2.32. The molecule has 0 radical (unpaired) electrons. The minimum absolute atomic E-state index is 0.0537. The average molecular weight is 572 g/mol. The number of nitrogens with one attached hydrogen (secondary N) is 1. The third-order valence-electron chi connectivity index (χ3n) is 7.54. The normalized spacial score (nSPS) is 17.7. The zero-order valence-corrected chi connectivity index (χ0v) is 24.0. The summed E-state index contributed by atoms with van der Waals surface area (Å²) >= 11 is 0. The van der Waals surface area contributed by atoms with Crippen LogP contribution >= 0.6 is 0 Å². The van der Waals surface area contributed by atoms with E-state index in [1.165, 1.54) is 11.1 Å². The van der Waals surface area contributed by atoms with Crippen molar-refractivity contribution in [3.05, 3.63) is 108 Å². The van der Waals surface area contributed by atoms with Gasteiger partial charge < -0.3 is 34.5 Å². The number of aliphatic hydroxyl groups excluding tert-OH is 2. The van der Waals surface area contributed by atoms with Gasteiger partial charge in [0.1, 0.15) is 24.2 Å². The van der Waals surface area contributed by atoms with Crippen molar-refractivity contribution in [1.82, 2.24) is 5.32 Å². The predicted octanol–water partition coefficient (Wildman–Crippen LogP) is 5.22. The number of rotatable bonds is 15.